The van der Waals surface area contributed by atoms with Gasteiger partial charge < -0.3 is 19.9 Å². The number of aromatic nitrogens is 8. The molecule has 16 bridgehead atoms. The summed E-state index contributed by atoms with van der Waals surface area (Å²) >= 11 is 0. The molecule has 8 nitrogen and oxygen atoms in total. The SMILES string of the molecule is c1c2cc3cc4nc(cc5nc(cc6cc(c#cc7cc8cc9nc(cc%10nc(cc%11cc(c#1)c(cc7[nH]8)[nH]%11)C=C%10)C=C9)c(cc2[nH]3)[nH]6)C=C5)C=C4. The summed E-state index contributed by atoms with van der Waals surface area (Å²) in [6.45, 7) is 0. The minimum absolute atomic E-state index is 0.843. The largest absolute Gasteiger partial charge is 0.354 e. The molecule has 11 rings (SSSR count). The first-order valence-corrected chi connectivity index (χ1v) is 16.9. The number of H-pyrrole nitrogens is 4. The average molecular weight is 665 g/mol. The first-order valence-electron chi connectivity index (χ1n) is 16.9. The molecule has 0 amide bonds. The molecule has 4 aliphatic rings. The molecule has 52 heavy (non-hydrogen) atoms. The van der Waals surface area contributed by atoms with Crippen molar-refractivity contribution < 1.29 is 0 Å². The fraction of sp³-hybridized carbons (Fsp3) is 0. The van der Waals surface area contributed by atoms with Gasteiger partial charge in [-0.3, -0.25) is 0 Å². The van der Waals surface area contributed by atoms with Crippen LogP contribution < -0.4 is 0 Å². The first kappa shape index (κ1) is 28.2. The Hall–Kier alpha value is -7.68. The zero-order chi connectivity index (χ0) is 34.2. The van der Waals surface area contributed by atoms with Crippen molar-refractivity contribution >= 4 is 114 Å². The second kappa shape index (κ2) is 10.9. The number of hydrogen-bond donors (Lipinski definition) is 4. The van der Waals surface area contributed by atoms with Gasteiger partial charge in [-0.25, -0.2) is 19.9 Å². The van der Waals surface area contributed by atoms with E-state index in [9.17, 15) is 0 Å². The zero-order valence-electron chi connectivity index (χ0n) is 27.3. The van der Waals surface area contributed by atoms with Crippen LogP contribution in [0.1, 0.15) is 45.6 Å². The molecule has 0 spiro atoms. The summed E-state index contributed by atoms with van der Waals surface area (Å²) in [5.41, 5.74) is 13.8. The molecule has 10 heterocycles. The predicted molar refractivity (Wildman–Crippen MR) is 210 cm³/mol. The van der Waals surface area contributed by atoms with E-state index in [1.807, 2.05) is 85.0 Å². The van der Waals surface area contributed by atoms with E-state index < -0.39 is 0 Å². The Morgan fingerprint density at radius 1 is 0.269 bits per heavy atom. The maximum atomic E-state index is 4.81. The normalized spacial score (nSPS) is 12.8. The standard InChI is InChI=1S/C44H24N8/c1-2-26-14-38-20-34-10-6-30(46-34)18-32-8-12-36(48-32)22-40-16-28(44(52-40)24-42(26)50-38)4-3-27-15-39-21-35-11-7-31(47-35)17-29-5-9-33(45-29)19-37-13-25(1)41(49-37)23-43(27)51-39/h5-24,49-52H. The molecule has 0 atom stereocenters. The van der Waals surface area contributed by atoms with Crippen molar-refractivity contribution in [1.82, 2.24) is 39.9 Å². The average Bonchev–Trinajstić information content (AvgIpc) is 3.97. The topological polar surface area (TPSA) is 115 Å². The van der Waals surface area contributed by atoms with Gasteiger partial charge in [0.2, 0.25) is 0 Å². The first-order chi connectivity index (χ1) is 25.6. The lowest BCUT2D eigenvalue weighted by atomic mass is 10.2. The highest BCUT2D eigenvalue weighted by molar-refractivity contribution is 5.95. The molecule has 0 aliphatic carbocycles. The summed E-state index contributed by atoms with van der Waals surface area (Å²) in [5.74, 6) is 0. The van der Waals surface area contributed by atoms with E-state index in [2.05, 4.69) is 80.6 Å². The maximum absolute atomic E-state index is 4.81. The van der Waals surface area contributed by atoms with Crippen LogP contribution >= 0.6 is 0 Å². The minimum Gasteiger partial charge on any atom is -0.354 e. The molecule has 6 aromatic heterocycles. The van der Waals surface area contributed by atoms with Crippen molar-refractivity contribution in [2.24, 2.45) is 0 Å². The van der Waals surface area contributed by atoms with Crippen molar-refractivity contribution in [3.8, 4) is 0 Å². The lowest BCUT2D eigenvalue weighted by Gasteiger charge is -1.86. The van der Waals surface area contributed by atoms with E-state index in [1.165, 1.54) is 0 Å². The third-order valence-corrected chi connectivity index (χ3v) is 9.25. The molecule has 8 heteroatoms. The highest BCUT2D eigenvalue weighted by Gasteiger charge is 2.07. The smallest absolute Gasteiger partial charge is 0.0659 e. The molecule has 4 aliphatic heterocycles. The summed E-state index contributed by atoms with van der Waals surface area (Å²) in [5, 5.41) is 3.39. The maximum Gasteiger partial charge on any atom is 0.0659 e. The fourth-order valence-corrected chi connectivity index (χ4v) is 6.87. The Balaban J connectivity index is 1.29. The van der Waals surface area contributed by atoms with Crippen LogP contribution in [0, 0.1) is 24.3 Å². The highest BCUT2D eigenvalue weighted by atomic mass is 14.8. The molecule has 240 valence electrons. The van der Waals surface area contributed by atoms with Crippen LogP contribution in [0.15, 0.2) is 72.8 Å². The Labute approximate surface area is 296 Å². The van der Waals surface area contributed by atoms with Crippen molar-refractivity contribution in [2.45, 2.75) is 0 Å². The van der Waals surface area contributed by atoms with Gasteiger partial charge >= 0.3 is 0 Å². The molecule has 0 saturated carbocycles. The fourth-order valence-electron chi connectivity index (χ4n) is 6.87. The van der Waals surface area contributed by atoms with E-state index in [4.69, 9.17) is 19.9 Å². The molecule has 0 radical (unpaired) electrons. The van der Waals surface area contributed by atoms with Crippen LogP contribution in [0.25, 0.3) is 114 Å². The summed E-state index contributed by atoms with van der Waals surface area (Å²) in [4.78, 5) is 33.6. The van der Waals surface area contributed by atoms with Gasteiger partial charge in [0.15, 0.2) is 0 Å². The second-order valence-corrected chi connectivity index (χ2v) is 13.0. The van der Waals surface area contributed by atoms with Gasteiger partial charge in [-0.05, 0) is 121 Å². The van der Waals surface area contributed by atoms with E-state index in [-0.39, 0.29) is 0 Å². The van der Waals surface area contributed by atoms with E-state index in [0.29, 0.717) is 0 Å². The van der Waals surface area contributed by atoms with Gasteiger partial charge in [0.1, 0.15) is 0 Å². The summed E-state index contributed by atoms with van der Waals surface area (Å²) < 4.78 is 0. The Morgan fingerprint density at radius 3 is 0.750 bits per heavy atom. The van der Waals surface area contributed by atoms with E-state index in [1.54, 1.807) is 0 Å². The Kier molecular flexibility index (Phi) is 5.92. The number of nitrogens with zero attached hydrogens (tertiary/aromatic N) is 4. The van der Waals surface area contributed by atoms with Crippen molar-refractivity contribution in [2.75, 3.05) is 0 Å². The van der Waals surface area contributed by atoms with Crippen molar-refractivity contribution in [3.05, 3.63) is 143 Å². The quantitative estimate of drug-likeness (QED) is 0.129. The minimum atomic E-state index is 0.843. The van der Waals surface area contributed by atoms with Crippen molar-refractivity contribution in [1.29, 1.82) is 0 Å². The third-order valence-electron chi connectivity index (χ3n) is 9.25. The molecule has 4 N–H and O–H groups in total. The molecule has 7 aromatic rings. The number of rotatable bonds is 0. The Bertz CT molecular complexity index is 2770. The van der Waals surface area contributed by atoms with Gasteiger partial charge in [0.05, 0.1) is 89.2 Å². The van der Waals surface area contributed by atoms with Gasteiger partial charge in [0, 0.05) is 22.1 Å². The summed E-state index contributed by atoms with van der Waals surface area (Å²) in [6, 6.07) is 38.5. The summed E-state index contributed by atoms with van der Waals surface area (Å²) in [7, 11) is 0. The predicted octanol–water partition coefficient (Wildman–Crippen LogP) is 9.69. The molecule has 0 saturated heterocycles. The third kappa shape index (κ3) is 5.16. The molecule has 1 aromatic carbocycles. The van der Waals surface area contributed by atoms with Crippen LogP contribution in [0.4, 0.5) is 0 Å². The van der Waals surface area contributed by atoms with Crippen LogP contribution in [0.5, 0.6) is 0 Å². The molecular formula is C44H24N8. The van der Waals surface area contributed by atoms with Gasteiger partial charge in [-0.15, -0.1) is 0 Å². The van der Waals surface area contributed by atoms with Gasteiger partial charge in [0.25, 0.3) is 0 Å². The molecule has 0 fully saturated rings. The number of nitrogens with one attached hydrogen (secondary N) is 4. The zero-order valence-corrected chi connectivity index (χ0v) is 27.3. The van der Waals surface area contributed by atoms with E-state index >= 15 is 0 Å². The second-order valence-electron chi connectivity index (χ2n) is 13.0. The number of aromatic amines is 4. The van der Waals surface area contributed by atoms with Crippen molar-refractivity contribution in [3.63, 3.8) is 0 Å². The monoisotopic (exact) mass is 664 g/mol. The summed E-state index contributed by atoms with van der Waals surface area (Å²) in [6.07, 6.45) is 16.0. The van der Waals surface area contributed by atoms with Gasteiger partial charge in [-0.2, -0.15) is 0 Å². The molecule has 0 unspecified atom stereocenters. The lowest BCUT2D eigenvalue weighted by molar-refractivity contribution is 1.28. The van der Waals surface area contributed by atoms with Gasteiger partial charge in [-0.1, -0.05) is 24.3 Å². The number of fused-ring (bicyclic) bond motifs is 12. The lowest BCUT2D eigenvalue weighted by Crippen LogP contribution is -1.77. The highest BCUT2D eigenvalue weighted by Crippen LogP contribution is 2.24. The Morgan fingerprint density at radius 2 is 0.500 bits per heavy atom. The van der Waals surface area contributed by atoms with Crippen LogP contribution in [-0.2, 0) is 0 Å². The number of hydrogen-bond acceptors (Lipinski definition) is 4. The van der Waals surface area contributed by atoms with Crippen LogP contribution in [-0.4, -0.2) is 39.9 Å². The molecular weight excluding hydrogens is 641 g/mol. The van der Waals surface area contributed by atoms with Crippen LogP contribution in [0.3, 0.4) is 0 Å². The van der Waals surface area contributed by atoms with E-state index in [0.717, 1.165) is 111 Å². The van der Waals surface area contributed by atoms with Crippen LogP contribution in [0.2, 0.25) is 0 Å².